The second-order valence-electron chi connectivity index (χ2n) is 4.29. The molecule has 0 aliphatic carbocycles. The van der Waals surface area contributed by atoms with Crippen LogP contribution in [0.4, 0.5) is 5.95 Å². The number of H-pyrrole nitrogens is 1. The summed E-state index contributed by atoms with van der Waals surface area (Å²) in [7, 11) is 0. The molecule has 0 saturated carbocycles. The number of anilines is 1. The van der Waals surface area contributed by atoms with Gasteiger partial charge in [-0.15, -0.1) is 11.3 Å². The molecule has 0 atom stereocenters. The van der Waals surface area contributed by atoms with Gasteiger partial charge in [-0.1, -0.05) is 0 Å². The minimum absolute atomic E-state index is 0.995. The Morgan fingerprint density at radius 1 is 1.35 bits per heavy atom. The first-order valence-electron chi connectivity index (χ1n) is 5.90. The van der Waals surface area contributed by atoms with Gasteiger partial charge in [-0.25, -0.2) is 4.98 Å². The molecule has 0 aromatic carbocycles. The molecule has 1 fully saturated rings. The Bertz CT molecular complexity index is 496. The van der Waals surface area contributed by atoms with E-state index in [2.05, 4.69) is 38.6 Å². The van der Waals surface area contributed by atoms with Gasteiger partial charge in [-0.05, 0) is 23.9 Å². The molecule has 1 saturated heterocycles. The highest BCUT2D eigenvalue weighted by Gasteiger charge is 2.14. The van der Waals surface area contributed by atoms with Crippen LogP contribution in [0.3, 0.4) is 0 Å². The highest BCUT2D eigenvalue weighted by atomic mass is 32.1. The summed E-state index contributed by atoms with van der Waals surface area (Å²) in [5.41, 5.74) is 2.44. The van der Waals surface area contributed by atoms with Crippen LogP contribution in [0.5, 0.6) is 0 Å². The van der Waals surface area contributed by atoms with Gasteiger partial charge in [-0.3, -0.25) is 0 Å². The number of piperazine rings is 1. The predicted molar refractivity (Wildman–Crippen MR) is 71.7 cm³/mol. The van der Waals surface area contributed by atoms with Crippen molar-refractivity contribution in [3.05, 3.63) is 23.2 Å². The number of thiophene rings is 1. The standard InChI is InChI=1S/C12H16N4S/c1-9-2-7-17-11(9)10-8-14-12(15-10)16-5-3-13-4-6-16/h2,7-8,13H,3-6H2,1H3,(H,14,15). The van der Waals surface area contributed by atoms with Crippen molar-refractivity contribution >= 4 is 17.3 Å². The van der Waals surface area contributed by atoms with Crippen LogP contribution >= 0.6 is 11.3 Å². The summed E-state index contributed by atoms with van der Waals surface area (Å²) in [4.78, 5) is 11.5. The minimum Gasteiger partial charge on any atom is -0.340 e. The highest BCUT2D eigenvalue weighted by Crippen LogP contribution is 2.28. The van der Waals surface area contributed by atoms with Gasteiger partial charge >= 0.3 is 0 Å². The second-order valence-corrected chi connectivity index (χ2v) is 5.21. The SMILES string of the molecule is Cc1ccsc1-c1cnc(N2CCNCC2)[nH]1. The van der Waals surface area contributed by atoms with Crippen molar-refractivity contribution in [2.75, 3.05) is 31.1 Å². The fourth-order valence-electron chi connectivity index (χ4n) is 2.11. The van der Waals surface area contributed by atoms with E-state index in [0.717, 1.165) is 37.8 Å². The van der Waals surface area contributed by atoms with Gasteiger partial charge in [-0.2, -0.15) is 0 Å². The lowest BCUT2D eigenvalue weighted by molar-refractivity contribution is 0.581. The monoisotopic (exact) mass is 248 g/mol. The smallest absolute Gasteiger partial charge is 0.203 e. The van der Waals surface area contributed by atoms with Gasteiger partial charge in [0.05, 0.1) is 16.8 Å². The lowest BCUT2D eigenvalue weighted by Gasteiger charge is -2.26. The average molecular weight is 248 g/mol. The summed E-state index contributed by atoms with van der Waals surface area (Å²) < 4.78 is 0. The molecule has 0 radical (unpaired) electrons. The molecular weight excluding hydrogens is 232 g/mol. The van der Waals surface area contributed by atoms with Gasteiger partial charge in [0.15, 0.2) is 0 Å². The van der Waals surface area contributed by atoms with Gasteiger partial charge in [0.1, 0.15) is 0 Å². The van der Waals surface area contributed by atoms with Gasteiger partial charge in [0.25, 0.3) is 0 Å². The molecule has 2 aromatic heterocycles. The Hall–Kier alpha value is -1.33. The van der Waals surface area contributed by atoms with Crippen LogP contribution in [0.15, 0.2) is 17.6 Å². The van der Waals surface area contributed by atoms with Crippen LogP contribution in [-0.4, -0.2) is 36.1 Å². The lowest BCUT2D eigenvalue weighted by Crippen LogP contribution is -2.44. The molecule has 2 aromatic rings. The van der Waals surface area contributed by atoms with Crippen LogP contribution in [0.1, 0.15) is 5.56 Å². The summed E-state index contributed by atoms with van der Waals surface area (Å²) in [5, 5.41) is 5.47. The minimum atomic E-state index is 0.995. The van der Waals surface area contributed by atoms with Crippen LogP contribution < -0.4 is 10.2 Å². The second kappa shape index (κ2) is 4.50. The van der Waals surface area contributed by atoms with Crippen molar-refractivity contribution in [3.63, 3.8) is 0 Å². The number of hydrogen-bond donors (Lipinski definition) is 2. The van der Waals surface area contributed by atoms with E-state index in [9.17, 15) is 0 Å². The summed E-state index contributed by atoms with van der Waals surface area (Å²) >= 11 is 1.76. The maximum Gasteiger partial charge on any atom is 0.203 e. The highest BCUT2D eigenvalue weighted by molar-refractivity contribution is 7.13. The van der Waals surface area contributed by atoms with Gasteiger partial charge in [0, 0.05) is 26.2 Å². The van der Waals surface area contributed by atoms with Crippen molar-refractivity contribution in [1.29, 1.82) is 0 Å². The largest absolute Gasteiger partial charge is 0.340 e. The van der Waals surface area contributed by atoms with Gasteiger partial charge in [0.2, 0.25) is 5.95 Å². The Kier molecular flexibility index (Phi) is 2.86. The molecule has 3 heterocycles. The number of hydrogen-bond acceptors (Lipinski definition) is 4. The zero-order valence-corrected chi connectivity index (χ0v) is 10.7. The van der Waals surface area contributed by atoms with E-state index in [4.69, 9.17) is 0 Å². The summed E-state index contributed by atoms with van der Waals surface area (Å²) in [6.45, 7) is 6.26. The molecule has 17 heavy (non-hydrogen) atoms. The van der Waals surface area contributed by atoms with Gasteiger partial charge < -0.3 is 15.2 Å². The molecule has 90 valence electrons. The van der Waals surface area contributed by atoms with E-state index in [-0.39, 0.29) is 0 Å². The Morgan fingerprint density at radius 2 is 2.18 bits per heavy atom. The number of aromatic amines is 1. The first-order chi connectivity index (χ1) is 8.34. The molecule has 0 bridgehead atoms. The van der Waals surface area contributed by atoms with Crippen molar-refractivity contribution in [2.24, 2.45) is 0 Å². The average Bonchev–Trinajstić information content (AvgIpc) is 2.98. The molecule has 0 unspecified atom stereocenters. The molecule has 4 nitrogen and oxygen atoms in total. The van der Waals surface area contributed by atoms with Crippen molar-refractivity contribution < 1.29 is 0 Å². The summed E-state index contributed by atoms with van der Waals surface area (Å²) in [5.74, 6) is 0.995. The Labute approximate surface area is 105 Å². The number of rotatable bonds is 2. The number of nitrogens with zero attached hydrogens (tertiary/aromatic N) is 2. The number of aromatic nitrogens is 2. The third-order valence-electron chi connectivity index (χ3n) is 3.09. The number of aryl methyl sites for hydroxylation is 1. The Balaban J connectivity index is 1.85. The molecule has 1 aliphatic rings. The number of nitrogens with one attached hydrogen (secondary N) is 2. The van der Waals surface area contributed by atoms with Crippen LogP contribution in [0, 0.1) is 6.92 Å². The Morgan fingerprint density at radius 3 is 2.88 bits per heavy atom. The number of imidazole rings is 1. The molecule has 0 spiro atoms. The van der Waals surface area contributed by atoms with E-state index in [1.807, 2.05) is 6.20 Å². The van der Waals surface area contributed by atoms with Crippen LogP contribution in [0.25, 0.3) is 10.6 Å². The summed E-state index contributed by atoms with van der Waals surface area (Å²) in [6.07, 6.45) is 1.94. The van der Waals surface area contributed by atoms with Crippen LogP contribution in [-0.2, 0) is 0 Å². The third kappa shape index (κ3) is 2.08. The molecule has 2 N–H and O–H groups in total. The molecule has 5 heteroatoms. The molecule has 3 rings (SSSR count). The normalized spacial score (nSPS) is 16.4. The maximum atomic E-state index is 4.49. The maximum absolute atomic E-state index is 4.49. The van der Waals surface area contributed by atoms with Crippen molar-refractivity contribution in [3.8, 4) is 10.6 Å². The lowest BCUT2D eigenvalue weighted by atomic mass is 10.2. The topological polar surface area (TPSA) is 44.0 Å². The fourth-order valence-corrected chi connectivity index (χ4v) is 3.00. The van der Waals surface area contributed by atoms with Crippen LogP contribution in [0.2, 0.25) is 0 Å². The van der Waals surface area contributed by atoms with E-state index in [1.54, 1.807) is 11.3 Å². The molecule has 1 aliphatic heterocycles. The van der Waals surface area contributed by atoms with E-state index < -0.39 is 0 Å². The summed E-state index contributed by atoms with van der Waals surface area (Å²) in [6, 6.07) is 2.14. The first-order valence-corrected chi connectivity index (χ1v) is 6.78. The zero-order chi connectivity index (χ0) is 11.7. The quantitative estimate of drug-likeness (QED) is 0.852. The van der Waals surface area contributed by atoms with E-state index in [0.29, 0.717) is 0 Å². The fraction of sp³-hybridized carbons (Fsp3) is 0.417. The van der Waals surface area contributed by atoms with Crippen molar-refractivity contribution in [2.45, 2.75) is 6.92 Å². The zero-order valence-electron chi connectivity index (χ0n) is 9.86. The van der Waals surface area contributed by atoms with E-state index in [1.165, 1.54) is 10.4 Å². The molecule has 0 amide bonds. The molecular formula is C12H16N4S. The predicted octanol–water partition coefficient (Wildman–Crippen LogP) is 1.86. The third-order valence-corrected chi connectivity index (χ3v) is 4.14. The first kappa shape index (κ1) is 10.8. The van der Waals surface area contributed by atoms with E-state index >= 15 is 0 Å². The van der Waals surface area contributed by atoms with Crippen molar-refractivity contribution in [1.82, 2.24) is 15.3 Å².